The van der Waals surface area contributed by atoms with Crippen LogP contribution in [-0.2, 0) is 4.79 Å². The summed E-state index contributed by atoms with van der Waals surface area (Å²) in [7, 11) is 0. The van der Waals surface area contributed by atoms with Gasteiger partial charge in [-0.2, -0.15) is 0 Å². The number of hydrogen-bond donors (Lipinski definition) is 1. The van der Waals surface area contributed by atoms with Crippen molar-refractivity contribution in [3.8, 4) is 0 Å². The summed E-state index contributed by atoms with van der Waals surface area (Å²) >= 11 is 0. The van der Waals surface area contributed by atoms with Crippen molar-refractivity contribution in [3.05, 3.63) is 14.9 Å². The molecule has 0 aliphatic carbocycles. The lowest BCUT2D eigenvalue weighted by molar-refractivity contribution is -0.130. The molecule has 0 heterocycles. The summed E-state index contributed by atoms with van der Waals surface area (Å²) in [4.78, 5) is 12.2. The first-order valence-corrected chi connectivity index (χ1v) is 5.77. The van der Waals surface area contributed by atoms with Crippen LogP contribution in [0.5, 0.6) is 0 Å². The molecular formula is C15H33NO+2. The van der Waals surface area contributed by atoms with Crippen LogP contribution in [0.1, 0.15) is 55.4 Å². The Bertz CT molecular complexity index is 218. The van der Waals surface area contributed by atoms with Crippen LogP contribution < -0.4 is 5.32 Å². The molecule has 0 fully saturated rings. The van der Waals surface area contributed by atoms with E-state index in [9.17, 15) is 4.79 Å². The fraction of sp³-hybridized carbons (Fsp3) is 0.800. The van der Waals surface area contributed by atoms with E-state index in [0.29, 0.717) is 11.7 Å². The van der Waals surface area contributed by atoms with Crippen LogP contribution in [0.15, 0.2) is 0 Å². The fourth-order valence-electron chi connectivity index (χ4n) is 1.47. The zero-order chi connectivity index (χ0) is 12.4. The van der Waals surface area contributed by atoms with Crippen molar-refractivity contribution in [1.29, 1.82) is 0 Å². The highest BCUT2D eigenvalue weighted by Gasteiger charge is 2.33. The maximum atomic E-state index is 12.2. The zero-order valence-electron chi connectivity index (χ0n) is 13.6. The van der Waals surface area contributed by atoms with E-state index in [0.717, 1.165) is 0 Å². The molecule has 2 nitrogen and oxygen atoms in total. The molecule has 102 valence electrons. The van der Waals surface area contributed by atoms with Crippen LogP contribution in [0.25, 0.3) is 0 Å². The maximum Gasteiger partial charge on any atom is 0.155 e. The quantitative estimate of drug-likeness (QED) is 0.761. The highest BCUT2D eigenvalue weighted by Crippen LogP contribution is 2.21. The number of carbonyl (C=O) groups is 1. The molecule has 0 aromatic carbocycles. The molecule has 0 aliphatic heterocycles. The third-order valence-corrected chi connectivity index (χ3v) is 2.28. The molecule has 0 rings (SSSR count). The molecule has 0 aliphatic rings. The molecule has 0 aromatic heterocycles. The van der Waals surface area contributed by atoms with Crippen LogP contribution in [0.2, 0.25) is 0 Å². The first-order chi connectivity index (χ1) is 6.45. The van der Waals surface area contributed by atoms with E-state index in [1.807, 2.05) is 20.8 Å². The highest BCUT2D eigenvalue weighted by atomic mass is 16.1. The summed E-state index contributed by atoms with van der Waals surface area (Å²) in [5, 5.41) is 3.41. The summed E-state index contributed by atoms with van der Waals surface area (Å²) in [6.07, 6.45) is 0. The van der Waals surface area contributed by atoms with E-state index < -0.39 is 0 Å². The summed E-state index contributed by atoms with van der Waals surface area (Å²) < 4.78 is 0. The van der Waals surface area contributed by atoms with Gasteiger partial charge in [0.15, 0.2) is 5.78 Å². The Balaban J connectivity index is -0.000000980. The molecule has 0 spiro atoms. The number of nitrogens with one attached hydrogen (secondary N) is 1. The Morgan fingerprint density at radius 3 is 1.47 bits per heavy atom. The minimum absolute atomic E-state index is 0. The van der Waals surface area contributed by atoms with Gasteiger partial charge in [-0.3, -0.25) is 4.79 Å². The van der Waals surface area contributed by atoms with Gasteiger partial charge in [0.2, 0.25) is 0 Å². The lowest BCUT2D eigenvalue weighted by atomic mass is 9.81. The Morgan fingerprint density at radius 2 is 1.29 bits per heavy atom. The van der Waals surface area contributed by atoms with Gasteiger partial charge in [-0.25, -0.2) is 0 Å². The largest absolute Gasteiger partial charge is 0.302 e. The van der Waals surface area contributed by atoms with Crippen molar-refractivity contribution in [2.45, 2.75) is 67.0 Å². The monoisotopic (exact) mass is 243 g/mol. The van der Waals surface area contributed by atoms with E-state index in [1.54, 1.807) is 0 Å². The van der Waals surface area contributed by atoms with Crippen molar-refractivity contribution < 1.29 is 4.79 Å². The molecule has 1 N–H and O–H groups in total. The van der Waals surface area contributed by atoms with Crippen molar-refractivity contribution in [2.75, 3.05) is 0 Å². The summed E-state index contributed by atoms with van der Waals surface area (Å²) in [5.74, 6) is 0.628. The first-order valence-electron chi connectivity index (χ1n) is 5.77. The van der Waals surface area contributed by atoms with Gasteiger partial charge in [-0.1, -0.05) is 34.6 Å². The van der Waals surface area contributed by atoms with E-state index >= 15 is 0 Å². The van der Waals surface area contributed by atoms with Crippen LogP contribution in [-0.4, -0.2) is 17.4 Å². The predicted molar refractivity (Wildman–Crippen MR) is 78.8 cm³/mol. The Hall–Kier alpha value is -0.630. The molecule has 0 saturated heterocycles. The van der Waals surface area contributed by atoms with Crippen LogP contribution >= 0.6 is 0 Å². The molecular weight excluding hydrogens is 210 g/mol. The smallest absolute Gasteiger partial charge is 0.155 e. The van der Waals surface area contributed by atoms with Gasteiger partial charge in [0, 0.05) is 25.8 Å². The van der Waals surface area contributed by atoms with E-state index in [-0.39, 0.29) is 31.8 Å². The van der Waals surface area contributed by atoms with Gasteiger partial charge >= 0.3 is 0 Å². The van der Waals surface area contributed by atoms with Crippen LogP contribution in [0, 0.1) is 26.2 Å². The zero-order valence-corrected chi connectivity index (χ0v) is 13.6. The molecule has 0 bridgehead atoms. The van der Waals surface area contributed by atoms with Crippen molar-refractivity contribution in [2.24, 2.45) is 11.3 Å². The number of carbonyl (C=O) groups excluding carboxylic acids is 1. The molecule has 1 atom stereocenters. The average molecular weight is 243 g/mol. The standard InChI is InChI=1S/C13H27NO.2CH3/c1-9(2)10(14-13(6,7)8)11(15)12(3,4)5;;/h9-10,14H,1-8H3;2*1H3/q;2*+1. The molecule has 0 aromatic rings. The van der Waals surface area contributed by atoms with Gasteiger partial charge in [0.1, 0.15) is 0 Å². The topological polar surface area (TPSA) is 29.1 Å². The van der Waals surface area contributed by atoms with E-state index in [2.05, 4.69) is 39.9 Å². The minimum atomic E-state index is -0.271. The summed E-state index contributed by atoms with van der Waals surface area (Å²) in [6, 6.07) is -0.0509. The van der Waals surface area contributed by atoms with Crippen molar-refractivity contribution in [1.82, 2.24) is 5.32 Å². The lowest BCUT2D eigenvalue weighted by Crippen LogP contribution is -2.53. The summed E-state index contributed by atoms with van der Waals surface area (Å²) in [5.41, 5.74) is -0.289. The van der Waals surface area contributed by atoms with Gasteiger partial charge in [-0.15, -0.1) is 0 Å². The molecule has 0 radical (unpaired) electrons. The average Bonchev–Trinajstić information content (AvgIpc) is 1.94. The SMILES string of the molecule is CC(C)C(NC(C)(C)C)C(=O)C(C)(C)C.[CH3+].[CH3+]. The van der Waals surface area contributed by atoms with Crippen LogP contribution in [0.3, 0.4) is 0 Å². The number of Topliss-reactive ketones (excluding diaryl/α,β-unsaturated/α-hetero) is 1. The second kappa shape index (κ2) is 6.95. The van der Waals surface area contributed by atoms with E-state index in [1.165, 1.54) is 0 Å². The van der Waals surface area contributed by atoms with Gasteiger partial charge in [-0.05, 0) is 26.7 Å². The lowest BCUT2D eigenvalue weighted by Gasteiger charge is -2.34. The summed E-state index contributed by atoms with van der Waals surface area (Å²) in [6.45, 7) is 16.4. The van der Waals surface area contributed by atoms with Crippen molar-refractivity contribution >= 4 is 5.78 Å². The Kier molecular flexibility index (Phi) is 8.84. The van der Waals surface area contributed by atoms with Gasteiger partial charge in [0.25, 0.3) is 0 Å². The minimum Gasteiger partial charge on any atom is -0.302 e. The van der Waals surface area contributed by atoms with Crippen LogP contribution in [0.4, 0.5) is 0 Å². The maximum absolute atomic E-state index is 12.2. The predicted octanol–water partition coefficient (Wildman–Crippen LogP) is 3.91. The molecule has 1 unspecified atom stereocenters. The fourth-order valence-corrected chi connectivity index (χ4v) is 1.47. The second-order valence-electron chi connectivity index (χ2n) is 6.73. The number of ketones is 1. The van der Waals surface area contributed by atoms with E-state index in [4.69, 9.17) is 0 Å². The number of hydrogen-bond acceptors (Lipinski definition) is 2. The third-order valence-electron chi connectivity index (χ3n) is 2.28. The molecule has 17 heavy (non-hydrogen) atoms. The highest BCUT2D eigenvalue weighted by molar-refractivity contribution is 5.89. The van der Waals surface area contributed by atoms with Gasteiger partial charge in [0.05, 0.1) is 6.04 Å². The Morgan fingerprint density at radius 1 is 0.941 bits per heavy atom. The third kappa shape index (κ3) is 8.14. The number of rotatable bonds is 3. The van der Waals surface area contributed by atoms with Gasteiger partial charge < -0.3 is 5.32 Å². The molecule has 0 amide bonds. The Labute approximate surface area is 110 Å². The molecule has 2 heteroatoms. The second-order valence-corrected chi connectivity index (χ2v) is 6.73. The van der Waals surface area contributed by atoms with Crippen molar-refractivity contribution in [3.63, 3.8) is 0 Å². The first kappa shape index (κ1) is 21.6. The normalized spacial score (nSPS) is 13.7. The molecule has 0 saturated carbocycles.